The van der Waals surface area contributed by atoms with Crippen molar-refractivity contribution in [2.24, 2.45) is 0 Å². The Morgan fingerprint density at radius 3 is 2.18 bits per heavy atom. The van der Waals surface area contributed by atoms with Gasteiger partial charge in [0, 0.05) is 24.5 Å². The first-order chi connectivity index (χ1) is 21.1. The number of amides is 2. The molecule has 0 radical (unpaired) electrons. The number of carbonyl (C=O) groups is 2. The largest absolute Gasteiger partial charge is 0.494 e. The molecule has 4 rings (SSSR count). The molecule has 0 aliphatic carbocycles. The van der Waals surface area contributed by atoms with Crippen LogP contribution in [0.3, 0.4) is 0 Å². The first kappa shape index (κ1) is 32.7. The van der Waals surface area contributed by atoms with Crippen LogP contribution in [0.5, 0.6) is 5.75 Å². The molecule has 1 atom stereocenters. The van der Waals surface area contributed by atoms with E-state index in [1.54, 1.807) is 0 Å². The predicted molar refractivity (Wildman–Crippen MR) is 171 cm³/mol. The molecule has 11 heteroatoms. The molecule has 0 heterocycles. The molecular weight excluding hydrogens is 649 g/mol. The SMILES string of the molecule is CCOc1ccc(S(=O)(=O)N(CC(=O)N(Cc2cccc(Br)c2)[C@@H](Cc2ccccc2)C(=O)NC)c2ccc(F)cc2)cc1. The van der Waals surface area contributed by atoms with Gasteiger partial charge in [-0.2, -0.15) is 0 Å². The van der Waals surface area contributed by atoms with Crippen LogP contribution in [0.15, 0.2) is 112 Å². The quantitative estimate of drug-likeness (QED) is 0.199. The monoisotopic (exact) mass is 681 g/mol. The van der Waals surface area contributed by atoms with Crippen molar-refractivity contribution in [3.8, 4) is 5.75 Å². The second-order valence-electron chi connectivity index (χ2n) is 9.86. The lowest BCUT2D eigenvalue weighted by Gasteiger charge is -2.33. The molecular formula is C33H33BrFN3O5S. The third kappa shape index (κ3) is 8.23. The van der Waals surface area contributed by atoms with Gasteiger partial charge in [-0.3, -0.25) is 13.9 Å². The van der Waals surface area contributed by atoms with Crippen molar-refractivity contribution in [2.75, 3.05) is 24.5 Å². The number of likely N-dealkylation sites (N-methyl/N-ethyl adjacent to an activating group) is 1. The minimum atomic E-state index is -4.32. The van der Waals surface area contributed by atoms with E-state index >= 15 is 0 Å². The third-order valence-corrected chi connectivity index (χ3v) is 9.16. The van der Waals surface area contributed by atoms with E-state index < -0.39 is 40.2 Å². The van der Waals surface area contributed by atoms with Gasteiger partial charge in [-0.25, -0.2) is 12.8 Å². The van der Waals surface area contributed by atoms with Crippen molar-refractivity contribution in [2.45, 2.75) is 30.8 Å². The lowest BCUT2D eigenvalue weighted by molar-refractivity contribution is -0.139. The Kier molecular flexibility index (Phi) is 11.1. The van der Waals surface area contributed by atoms with E-state index in [1.165, 1.54) is 48.3 Å². The van der Waals surface area contributed by atoms with Crippen LogP contribution >= 0.6 is 15.9 Å². The maximum absolute atomic E-state index is 14.3. The van der Waals surface area contributed by atoms with E-state index in [-0.39, 0.29) is 23.5 Å². The summed E-state index contributed by atoms with van der Waals surface area (Å²) < 4.78 is 49.1. The molecule has 230 valence electrons. The maximum Gasteiger partial charge on any atom is 0.264 e. The zero-order chi connectivity index (χ0) is 31.7. The van der Waals surface area contributed by atoms with Gasteiger partial charge in [0.1, 0.15) is 24.2 Å². The second-order valence-corrected chi connectivity index (χ2v) is 12.6. The predicted octanol–water partition coefficient (Wildman–Crippen LogP) is 5.57. The molecule has 0 saturated carbocycles. The van der Waals surface area contributed by atoms with Crippen LogP contribution in [0, 0.1) is 5.82 Å². The minimum Gasteiger partial charge on any atom is -0.494 e. The third-order valence-electron chi connectivity index (χ3n) is 6.88. The molecule has 0 unspecified atom stereocenters. The normalized spacial score (nSPS) is 11.8. The van der Waals surface area contributed by atoms with E-state index in [2.05, 4.69) is 21.2 Å². The fourth-order valence-electron chi connectivity index (χ4n) is 4.69. The molecule has 2 amide bonds. The average Bonchev–Trinajstić information content (AvgIpc) is 3.02. The van der Waals surface area contributed by atoms with Crippen molar-refractivity contribution in [1.29, 1.82) is 0 Å². The van der Waals surface area contributed by atoms with Crippen LogP contribution in [-0.2, 0) is 32.6 Å². The number of nitrogens with one attached hydrogen (secondary N) is 1. The summed E-state index contributed by atoms with van der Waals surface area (Å²) in [5.74, 6) is -1.09. The topological polar surface area (TPSA) is 96.0 Å². The number of halogens is 2. The van der Waals surface area contributed by atoms with Crippen molar-refractivity contribution in [1.82, 2.24) is 10.2 Å². The summed E-state index contributed by atoms with van der Waals surface area (Å²) in [4.78, 5) is 28.9. The number of hydrogen-bond acceptors (Lipinski definition) is 5. The number of sulfonamides is 1. The highest BCUT2D eigenvalue weighted by Gasteiger charge is 2.34. The van der Waals surface area contributed by atoms with Crippen LogP contribution in [0.1, 0.15) is 18.1 Å². The van der Waals surface area contributed by atoms with E-state index in [0.29, 0.717) is 12.4 Å². The van der Waals surface area contributed by atoms with Gasteiger partial charge in [-0.15, -0.1) is 0 Å². The summed E-state index contributed by atoms with van der Waals surface area (Å²) >= 11 is 3.46. The molecule has 0 bridgehead atoms. The Labute approximate surface area is 265 Å². The standard InChI is InChI=1S/C33H33BrFN3O5S/c1-3-43-29-16-18-30(19-17-29)44(41,42)38(28-14-12-27(35)13-15-28)23-32(39)37(22-25-10-7-11-26(34)20-25)31(33(40)36-2)21-24-8-5-4-6-9-24/h4-20,31H,3,21-23H2,1-2H3,(H,36,40)/t31-/m0/s1. The van der Waals surface area contributed by atoms with Crippen LogP contribution < -0.4 is 14.4 Å². The van der Waals surface area contributed by atoms with Crippen LogP contribution in [-0.4, -0.2) is 51.4 Å². The van der Waals surface area contributed by atoms with Crippen molar-refractivity contribution in [3.05, 3.63) is 125 Å². The number of hydrogen-bond donors (Lipinski definition) is 1. The molecule has 1 N–H and O–H groups in total. The van der Waals surface area contributed by atoms with Gasteiger partial charge in [0.15, 0.2) is 0 Å². The average molecular weight is 683 g/mol. The van der Waals surface area contributed by atoms with Crippen LogP contribution in [0.25, 0.3) is 0 Å². The molecule has 0 aliphatic heterocycles. The van der Waals surface area contributed by atoms with Crippen molar-refractivity contribution < 1.29 is 27.1 Å². The molecule has 4 aromatic carbocycles. The first-order valence-corrected chi connectivity index (χ1v) is 16.2. The lowest BCUT2D eigenvalue weighted by atomic mass is 10.0. The van der Waals surface area contributed by atoms with E-state index in [9.17, 15) is 22.4 Å². The summed E-state index contributed by atoms with van der Waals surface area (Å²) in [6, 6.07) is 26.3. The minimum absolute atomic E-state index is 0.0313. The Morgan fingerprint density at radius 2 is 1.57 bits per heavy atom. The zero-order valence-electron chi connectivity index (χ0n) is 24.3. The Hall–Kier alpha value is -4.22. The number of nitrogens with zero attached hydrogens (tertiary/aromatic N) is 2. The summed E-state index contributed by atoms with van der Waals surface area (Å²) in [7, 11) is -2.83. The van der Waals surface area contributed by atoms with Gasteiger partial charge in [-0.05, 0) is 78.7 Å². The Bertz CT molecular complexity index is 1670. The first-order valence-electron chi connectivity index (χ1n) is 13.9. The fraction of sp³-hybridized carbons (Fsp3) is 0.212. The molecule has 0 spiro atoms. The van der Waals surface area contributed by atoms with Gasteiger partial charge in [-0.1, -0.05) is 58.4 Å². The summed E-state index contributed by atoms with van der Waals surface area (Å²) in [6.45, 7) is 1.61. The molecule has 0 fully saturated rings. The maximum atomic E-state index is 14.3. The highest BCUT2D eigenvalue weighted by molar-refractivity contribution is 9.10. The van der Waals surface area contributed by atoms with Gasteiger partial charge < -0.3 is 15.0 Å². The lowest BCUT2D eigenvalue weighted by Crippen LogP contribution is -2.53. The van der Waals surface area contributed by atoms with E-state index in [4.69, 9.17) is 4.74 Å². The molecule has 0 saturated heterocycles. The highest BCUT2D eigenvalue weighted by atomic mass is 79.9. The molecule has 4 aromatic rings. The van der Waals surface area contributed by atoms with Gasteiger partial charge >= 0.3 is 0 Å². The van der Waals surface area contributed by atoms with Crippen LogP contribution in [0.2, 0.25) is 0 Å². The zero-order valence-corrected chi connectivity index (χ0v) is 26.7. The fourth-order valence-corrected chi connectivity index (χ4v) is 6.55. The van der Waals surface area contributed by atoms with Crippen molar-refractivity contribution in [3.63, 3.8) is 0 Å². The molecule has 44 heavy (non-hydrogen) atoms. The summed E-state index contributed by atoms with van der Waals surface area (Å²) in [5, 5.41) is 2.65. The van der Waals surface area contributed by atoms with Gasteiger partial charge in [0.2, 0.25) is 11.8 Å². The number of rotatable bonds is 13. The molecule has 8 nitrogen and oxygen atoms in total. The highest BCUT2D eigenvalue weighted by Crippen LogP contribution is 2.27. The molecule has 0 aliphatic rings. The Morgan fingerprint density at radius 1 is 0.909 bits per heavy atom. The van der Waals surface area contributed by atoms with Crippen LogP contribution in [0.4, 0.5) is 10.1 Å². The Balaban J connectivity index is 1.77. The summed E-state index contributed by atoms with van der Waals surface area (Å²) in [6.07, 6.45) is 0.197. The number of carbonyl (C=O) groups excluding carboxylic acids is 2. The summed E-state index contributed by atoms with van der Waals surface area (Å²) in [5.41, 5.74) is 1.65. The van der Waals surface area contributed by atoms with Gasteiger partial charge in [0.05, 0.1) is 17.2 Å². The molecule has 0 aromatic heterocycles. The van der Waals surface area contributed by atoms with E-state index in [1.807, 2.05) is 61.5 Å². The second kappa shape index (κ2) is 15.0. The smallest absolute Gasteiger partial charge is 0.264 e. The number of anilines is 1. The van der Waals surface area contributed by atoms with Gasteiger partial charge in [0.25, 0.3) is 10.0 Å². The number of benzene rings is 4. The number of ether oxygens (including phenoxy) is 1. The van der Waals surface area contributed by atoms with E-state index in [0.717, 1.165) is 32.0 Å². The van der Waals surface area contributed by atoms with Crippen molar-refractivity contribution >= 4 is 43.5 Å².